The van der Waals surface area contributed by atoms with Crippen LogP contribution in [0.15, 0.2) is 0 Å². The maximum atomic E-state index is 6.17. The Labute approximate surface area is 128 Å². The molecule has 0 radical (unpaired) electrons. The van der Waals surface area contributed by atoms with Crippen LogP contribution in [-0.4, -0.2) is 60.8 Å². The first-order valence-electron chi connectivity index (χ1n) is 8.35. The minimum absolute atomic E-state index is 0.239. The summed E-state index contributed by atoms with van der Waals surface area (Å²) in [7, 11) is 2.09. The van der Waals surface area contributed by atoms with Gasteiger partial charge >= 0.3 is 0 Å². The van der Waals surface area contributed by atoms with Crippen molar-refractivity contribution in [2.75, 3.05) is 38.2 Å². The molecule has 0 aromatic rings. The molecule has 3 heterocycles. The van der Waals surface area contributed by atoms with Gasteiger partial charge in [0.2, 0.25) is 0 Å². The molecule has 3 aliphatic rings. The number of hydrogen-bond acceptors (Lipinski definition) is 4. The Morgan fingerprint density at radius 1 is 1.30 bits per heavy atom. The third-order valence-corrected chi connectivity index (χ3v) is 7.01. The van der Waals surface area contributed by atoms with Gasteiger partial charge in [-0.2, -0.15) is 11.8 Å². The summed E-state index contributed by atoms with van der Waals surface area (Å²) in [5, 5.41) is 3.43. The summed E-state index contributed by atoms with van der Waals surface area (Å²) < 4.78 is 6.17. The molecule has 3 aliphatic heterocycles. The Bertz CT molecular complexity index is 312. The molecule has 1 N–H and O–H groups in total. The zero-order valence-corrected chi connectivity index (χ0v) is 13.9. The van der Waals surface area contributed by atoms with E-state index in [9.17, 15) is 0 Å². The van der Waals surface area contributed by atoms with Crippen LogP contribution >= 0.6 is 11.8 Å². The van der Waals surface area contributed by atoms with Gasteiger partial charge in [0.15, 0.2) is 0 Å². The summed E-state index contributed by atoms with van der Waals surface area (Å²) in [6.07, 6.45) is 6.54. The van der Waals surface area contributed by atoms with Gasteiger partial charge in [0.05, 0.1) is 5.60 Å². The van der Waals surface area contributed by atoms with Gasteiger partial charge in [0, 0.05) is 24.4 Å². The highest BCUT2D eigenvalue weighted by Crippen LogP contribution is 2.40. The van der Waals surface area contributed by atoms with Gasteiger partial charge in [0.25, 0.3) is 0 Å². The fourth-order valence-corrected chi connectivity index (χ4v) is 5.58. The first-order chi connectivity index (χ1) is 9.72. The monoisotopic (exact) mass is 298 g/mol. The molecular formula is C16H30N2OS. The van der Waals surface area contributed by atoms with Crippen molar-refractivity contribution in [1.29, 1.82) is 0 Å². The van der Waals surface area contributed by atoms with Crippen LogP contribution in [0.3, 0.4) is 0 Å². The van der Waals surface area contributed by atoms with Crippen molar-refractivity contribution in [2.45, 2.75) is 56.7 Å². The lowest BCUT2D eigenvalue weighted by Gasteiger charge is -2.45. The molecule has 0 aliphatic carbocycles. The van der Waals surface area contributed by atoms with Crippen LogP contribution in [-0.2, 0) is 4.74 Å². The summed E-state index contributed by atoms with van der Waals surface area (Å²) in [6.45, 7) is 5.91. The normalized spacial score (nSPS) is 38.4. The molecule has 0 bridgehead atoms. The van der Waals surface area contributed by atoms with Gasteiger partial charge < -0.3 is 15.0 Å². The molecule has 3 nitrogen and oxygen atoms in total. The Morgan fingerprint density at radius 2 is 2.10 bits per heavy atom. The van der Waals surface area contributed by atoms with Crippen molar-refractivity contribution in [3.63, 3.8) is 0 Å². The molecule has 0 aromatic heterocycles. The van der Waals surface area contributed by atoms with E-state index in [1.807, 2.05) is 0 Å². The maximum Gasteiger partial charge on any atom is 0.0795 e. The van der Waals surface area contributed by atoms with E-state index in [4.69, 9.17) is 4.74 Å². The van der Waals surface area contributed by atoms with Crippen molar-refractivity contribution in [1.82, 2.24) is 10.2 Å². The van der Waals surface area contributed by atoms with Crippen LogP contribution in [0.5, 0.6) is 0 Å². The standard InChI is InChI=1S/C16H30N2OS/c1-13(17-2)14-3-7-18(8-4-14)15-5-9-19-16(11-15)6-10-20-12-16/h13-15,17H,3-12H2,1-2H3. The first-order valence-corrected chi connectivity index (χ1v) is 9.51. The van der Waals surface area contributed by atoms with Gasteiger partial charge in [-0.1, -0.05) is 0 Å². The maximum absolute atomic E-state index is 6.17. The van der Waals surface area contributed by atoms with E-state index in [1.54, 1.807) is 0 Å². The molecule has 3 rings (SSSR count). The predicted octanol–water partition coefficient (Wildman–Crippen LogP) is 2.36. The van der Waals surface area contributed by atoms with Crippen LogP contribution in [0.4, 0.5) is 0 Å². The number of hydrogen-bond donors (Lipinski definition) is 1. The molecule has 3 atom stereocenters. The van der Waals surface area contributed by atoms with E-state index in [0.717, 1.165) is 18.6 Å². The third-order valence-electron chi connectivity index (χ3n) is 5.79. The molecule has 0 saturated carbocycles. The van der Waals surface area contributed by atoms with Crippen molar-refractivity contribution in [3.05, 3.63) is 0 Å². The molecule has 116 valence electrons. The SMILES string of the molecule is CNC(C)C1CCN(C2CCOC3(CCSC3)C2)CC1. The minimum Gasteiger partial charge on any atom is -0.374 e. The zero-order valence-electron chi connectivity index (χ0n) is 13.1. The molecule has 3 saturated heterocycles. The van der Waals surface area contributed by atoms with Crippen molar-refractivity contribution < 1.29 is 4.74 Å². The Kier molecular flexibility index (Phi) is 4.96. The first kappa shape index (κ1) is 15.1. The summed E-state index contributed by atoms with van der Waals surface area (Å²) in [4.78, 5) is 2.77. The van der Waals surface area contributed by atoms with Gasteiger partial charge in [-0.25, -0.2) is 0 Å². The largest absolute Gasteiger partial charge is 0.374 e. The second-order valence-corrected chi connectivity index (χ2v) is 8.04. The number of nitrogens with zero attached hydrogens (tertiary/aromatic N) is 1. The van der Waals surface area contributed by atoms with E-state index in [2.05, 4.69) is 35.9 Å². The number of thioether (sulfide) groups is 1. The molecule has 1 spiro atoms. The summed E-state index contributed by atoms with van der Waals surface area (Å²) in [5.74, 6) is 3.40. The van der Waals surface area contributed by atoms with Crippen molar-refractivity contribution in [3.8, 4) is 0 Å². The van der Waals surface area contributed by atoms with Crippen LogP contribution in [0.1, 0.15) is 39.0 Å². The van der Waals surface area contributed by atoms with E-state index in [0.29, 0.717) is 6.04 Å². The summed E-state index contributed by atoms with van der Waals surface area (Å²) in [5.41, 5.74) is 0.239. The molecule has 3 fully saturated rings. The lowest BCUT2D eigenvalue weighted by Crippen LogP contribution is -2.52. The fraction of sp³-hybridized carbons (Fsp3) is 1.00. The molecule has 3 unspecified atom stereocenters. The summed E-state index contributed by atoms with van der Waals surface area (Å²) in [6, 6.07) is 1.46. The fourth-order valence-electron chi connectivity index (χ4n) is 4.20. The van der Waals surface area contributed by atoms with Crippen LogP contribution in [0.2, 0.25) is 0 Å². The molecule has 0 aromatic carbocycles. The van der Waals surface area contributed by atoms with Crippen LogP contribution in [0, 0.1) is 5.92 Å². The van der Waals surface area contributed by atoms with Gasteiger partial charge in [-0.3, -0.25) is 0 Å². The van der Waals surface area contributed by atoms with E-state index >= 15 is 0 Å². The second-order valence-electron chi connectivity index (χ2n) is 6.93. The van der Waals surface area contributed by atoms with Gasteiger partial charge in [-0.15, -0.1) is 0 Å². The smallest absolute Gasteiger partial charge is 0.0795 e. The molecule has 0 amide bonds. The highest BCUT2D eigenvalue weighted by atomic mass is 32.2. The van der Waals surface area contributed by atoms with E-state index in [1.165, 1.54) is 56.7 Å². The van der Waals surface area contributed by atoms with Crippen molar-refractivity contribution in [2.24, 2.45) is 5.92 Å². The van der Waals surface area contributed by atoms with Crippen LogP contribution < -0.4 is 5.32 Å². The number of piperidine rings is 1. The average molecular weight is 298 g/mol. The molecular weight excluding hydrogens is 268 g/mol. The topological polar surface area (TPSA) is 24.5 Å². The zero-order chi connectivity index (χ0) is 14.0. The van der Waals surface area contributed by atoms with E-state index < -0.39 is 0 Å². The lowest BCUT2D eigenvalue weighted by molar-refractivity contribution is -0.0932. The lowest BCUT2D eigenvalue weighted by atomic mass is 9.85. The predicted molar refractivity (Wildman–Crippen MR) is 86.5 cm³/mol. The third kappa shape index (κ3) is 3.18. The highest BCUT2D eigenvalue weighted by molar-refractivity contribution is 7.99. The Balaban J connectivity index is 1.52. The minimum atomic E-state index is 0.239. The van der Waals surface area contributed by atoms with Gasteiger partial charge in [-0.05, 0) is 70.8 Å². The number of likely N-dealkylation sites (tertiary alicyclic amines) is 1. The quantitative estimate of drug-likeness (QED) is 0.864. The Hall–Kier alpha value is 0.230. The molecule has 4 heteroatoms. The Morgan fingerprint density at radius 3 is 2.75 bits per heavy atom. The number of ether oxygens (including phenoxy) is 1. The highest BCUT2D eigenvalue weighted by Gasteiger charge is 2.42. The number of nitrogens with one attached hydrogen (secondary N) is 1. The van der Waals surface area contributed by atoms with Crippen LogP contribution in [0.25, 0.3) is 0 Å². The average Bonchev–Trinajstić information content (AvgIpc) is 2.94. The van der Waals surface area contributed by atoms with Crippen molar-refractivity contribution >= 4 is 11.8 Å². The molecule has 20 heavy (non-hydrogen) atoms. The number of rotatable bonds is 3. The summed E-state index contributed by atoms with van der Waals surface area (Å²) >= 11 is 2.08. The second kappa shape index (κ2) is 6.55. The van der Waals surface area contributed by atoms with Gasteiger partial charge in [0.1, 0.15) is 0 Å². The van der Waals surface area contributed by atoms with E-state index in [-0.39, 0.29) is 5.60 Å².